The first-order valence-electron chi connectivity index (χ1n) is 10.6. The van der Waals surface area contributed by atoms with E-state index in [9.17, 15) is 14.7 Å². The van der Waals surface area contributed by atoms with Crippen molar-refractivity contribution in [1.29, 1.82) is 0 Å². The fraction of sp³-hybridized carbons (Fsp3) is 0.545. The van der Waals surface area contributed by atoms with Crippen LogP contribution in [0, 0.1) is 11.2 Å². The molecule has 0 aromatic carbocycles. The number of carboxylic acids is 1. The number of fused-ring (bicyclic) bond motifs is 1. The number of pyridine rings is 2. The van der Waals surface area contributed by atoms with Crippen LogP contribution in [0.1, 0.15) is 56.9 Å². The molecule has 0 amide bonds. The number of anilines is 1. The van der Waals surface area contributed by atoms with Crippen LogP contribution in [0.3, 0.4) is 0 Å². The quantitative estimate of drug-likeness (QED) is 0.629. The van der Waals surface area contributed by atoms with Gasteiger partial charge in [-0.15, -0.1) is 12.4 Å². The number of halogens is 2. The second-order valence-corrected chi connectivity index (χ2v) is 9.84. The molecule has 2 fully saturated rings. The molecule has 1 aliphatic carbocycles. The van der Waals surface area contributed by atoms with Crippen LogP contribution in [0.5, 0.6) is 0 Å². The van der Waals surface area contributed by atoms with Gasteiger partial charge < -0.3 is 25.1 Å². The van der Waals surface area contributed by atoms with Crippen LogP contribution in [-0.4, -0.2) is 51.6 Å². The largest absolute Gasteiger partial charge is 0.477 e. The third-order valence-corrected chi connectivity index (χ3v) is 5.87. The smallest absolute Gasteiger partial charge is 0.341 e. The zero-order valence-corrected chi connectivity index (χ0v) is 19.9. The molecule has 2 aromatic rings. The van der Waals surface area contributed by atoms with E-state index in [4.69, 9.17) is 10.6 Å². The Hall–Kier alpha value is -2.72. The molecule has 11 heteroatoms. The highest BCUT2D eigenvalue weighted by Gasteiger charge is 2.41. The zero-order valence-electron chi connectivity index (χ0n) is 19.1. The Morgan fingerprint density at radius 1 is 1.42 bits per heavy atom. The molecule has 3 heterocycles. The third kappa shape index (κ3) is 4.67. The summed E-state index contributed by atoms with van der Waals surface area (Å²) in [5.41, 5.74) is 4.86. The molecule has 33 heavy (non-hydrogen) atoms. The number of aromatic carboxylic acids is 1. The maximum Gasteiger partial charge on any atom is 0.341 e. The highest BCUT2D eigenvalue weighted by molar-refractivity contribution is 5.97. The monoisotopic (exact) mass is 481 g/mol. The number of nitrogens with two attached hydrogens (primary N) is 1. The van der Waals surface area contributed by atoms with Gasteiger partial charge in [-0.25, -0.2) is 14.2 Å². The molecule has 3 N–H and O–H groups in total. The van der Waals surface area contributed by atoms with Gasteiger partial charge in [0.05, 0.1) is 17.6 Å². The lowest BCUT2D eigenvalue weighted by atomic mass is 9.88. The minimum absolute atomic E-state index is 0. The normalized spacial score (nSPS) is 22.0. The summed E-state index contributed by atoms with van der Waals surface area (Å²) in [4.78, 5) is 36.0. The lowest BCUT2D eigenvalue weighted by Gasteiger charge is -2.24. The predicted molar refractivity (Wildman–Crippen MR) is 126 cm³/mol. The van der Waals surface area contributed by atoms with E-state index in [1.54, 1.807) is 9.47 Å². The van der Waals surface area contributed by atoms with Crippen LogP contribution < -0.4 is 16.1 Å². The molecule has 2 aromatic heterocycles. The van der Waals surface area contributed by atoms with Gasteiger partial charge in [-0.2, -0.15) is 0 Å². The number of carbonyl (C=O) groups is 1. The first-order valence-corrected chi connectivity index (χ1v) is 10.6. The third-order valence-electron chi connectivity index (χ3n) is 5.87. The van der Waals surface area contributed by atoms with Gasteiger partial charge in [0.15, 0.2) is 11.6 Å². The van der Waals surface area contributed by atoms with Crippen LogP contribution >= 0.6 is 12.4 Å². The van der Waals surface area contributed by atoms with Crippen molar-refractivity contribution >= 4 is 40.9 Å². The Morgan fingerprint density at radius 3 is 2.64 bits per heavy atom. The van der Waals surface area contributed by atoms with Crippen molar-refractivity contribution in [2.24, 2.45) is 16.3 Å². The molecule has 0 radical (unpaired) electrons. The van der Waals surface area contributed by atoms with Crippen LogP contribution in [0.25, 0.3) is 11.0 Å². The molecular formula is C22H29ClFN5O4. The lowest BCUT2D eigenvalue weighted by molar-refractivity contribution is -0.000438. The molecule has 0 bridgehead atoms. The highest BCUT2D eigenvalue weighted by Crippen LogP contribution is 2.38. The van der Waals surface area contributed by atoms with Crippen molar-refractivity contribution in [2.45, 2.75) is 52.2 Å². The van der Waals surface area contributed by atoms with E-state index in [-0.39, 0.29) is 47.4 Å². The van der Waals surface area contributed by atoms with Crippen molar-refractivity contribution in [3.05, 3.63) is 33.9 Å². The molecular weight excluding hydrogens is 453 g/mol. The van der Waals surface area contributed by atoms with Crippen LogP contribution in [0.4, 0.5) is 10.2 Å². The number of hydrogen-bond acceptors (Lipinski definition) is 7. The highest BCUT2D eigenvalue weighted by atomic mass is 35.5. The Kier molecular flexibility index (Phi) is 6.47. The summed E-state index contributed by atoms with van der Waals surface area (Å²) >= 11 is 0. The summed E-state index contributed by atoms with van der Waals surface area (Å²) in [6, 6.07) is 1.14. The maximum absolute atomic E-state index is 15.2. The second-order valence-electron chi connectivity index (χ2n) is 9.84. The van der Waals surface area contributed by atoms with Gasteiger partial charge in [-0.1, -0.05) is 12.1 Å². The summed E-state index contributed by atoms with van der Waals surface area (Å²) < 4.78 is 16.9. The zero-order chi connectivity index (χ0) is 23.4. The number of oxime groups is 1. The molecule has 1 saturated carbocycles. The molecule has 1 saturated heterocycles. The average molecular weight is 482 g/mol. The minimum Gasteiger partial charge on any atom is -0.477 e. The topological polar surface area (TPSA) is 123 Å². The fourth-order valence-electron chi connectivity index (χ4n) is 3.85. The number of nitrogens with zero attached hydrogens (tertiary/aromatic N) is 4. The summed E-state index contributed by atoms with van der Waals surface area (Å²) in [5.74, 6) is -1.96. The number of aromatic nitrogens is 2. The van der Waals surface area contributed by atoms with Crippen LogP contribution in [0.2, 0.25) is 0 Å². The molecule has 2 aliphatic rings. The molecule has 4 rings (SSSR count). The van der Waals surface area contributed by atoms with Crippen molar-refractivity contribution in [3.8, 4) is 0 Å². The maximum atomic E-state index is 15.2. The van der Waals surface area contributed by atoms with Gasteiger partial charge in [-0.05, 0) is 39.7 Å². The van der Waals surface area contributed by atoms with Gasteiger partial charge in [-0.3, -0.25) is 4.79 Å². The summed E-state index contributed by atoms with van der Waals surface area (Å²) in [7, 11) is 0. The molecule has 0 spiro atoms. The van der Waals surface area contributed by atoms with Gasteiger partial charge >= 0.3 is 5.97 Å². The first kappa shape index (κ1) is 24.9. The van der Waals surface area contributed by atoms with E-state index in [1.165, 1.54) is 6.20 Å². The van der Waals surface area contributed by atoms with Crippen LogP contribution in [0.15, 0.2) is 22.2 Å². The molecule has 1 aliphatic heterocycles. The number of hydrogen-bond donors (Lipinski definition) is 2. The van der Waals surface area contributed by atoms with Crippen molar-refractivity contribution in [1.82, 2.24) is 9.55 Å². The van der Waals surface area contributed by atoms with E-state index >= 15 is 4.39 Å². The molecule has 1 atom stereocenters. The van der Waals surface area contributed by atoms with E-state index < -0.39 is 28.2 Å². The van der Waals surface area contributed by atoms with E-state index in [1.807, 2.05) is 27.7 Å². The summed E-state index contributed by atoms with van der Waals surface area (Å²) in [6.45, 7) is 8.55. The van der Waals surface area contributed by atoms with Gasteiger partial charge in [0.25, 0.3) is 0 Å². The van der Waals surface area contributed by atoms with Gasteiger partial charge in [0, 0.05) is 30.7 Å². The second kappa shape index (κ2) is 8.57. The standard InChI is InChI=1S/C22H28FN5O4.ClH/c1-21(2,3)32-26-16-9-27(11-22(16,4)10-24)19-15(23)7-13-17(29)14(20(30)31)8-28(12-5-6-12)18(13)25-19;/h7-8,12H,5-6,9-11,24H2,1-4H3,(H,30,31);1H. The van der Waals surface area contributed by atoms with Crippen molar-refractivity contribution in [3.63, 3.8) is 0 Å². The molecule has 9 nitrogen and oxygen atoms in total. The Bertz CT molecular complexity index is 1190. The number of carboxylic acid groups (broad SMARTS) is 1. The van der Waals surface area contributed by atoms with Crippen molar-refractivity contribution in [2.75, 3.05) is 24.5 Å². The van der Waals surface area contributed by atoms with Gasteiger partial charge in [0.1, 0.15) is 16.8 Å². The minimum atomic E-state index is -1.34. The van der Waals surface area contributed by atoms with Crippen LogP contribution in [-0.2, 0) is 4.84 Å². The van der Waals surface area contributed by atoms with E-state index in [0.29, 0.717) is 18.8 Å². The number of rotatable bonds is 5. The SMILES string of the molecule is CC(C)(C)ON=C1CN(c2nc3c(cc2F)c(=O)c(C(=O)O)cn3C2CC2)CC1(C)CN.Cl. The average Bonchev–Trinajstić information content (AvgIpc) is 3.49. The summed E-state index contributed by atoms with van der Waals surface area (Å²) in [6.07, 6.45) is 3.01. The molecule has 180 valence electrons. The van der Waals surface area contributed by atoms with E-state index in [0.717, 1.165) is 18.9 Å². The van der Waals surface area contributed by atoms with Gasteiger partial charge in [0.2, 0.25) is 5.43 Å². The van der Waals surface area contributed by atoms with Crippen molar-refractivity contribution < 1.29 is 19.1 Å². The first-order chi connectivity index (χ1) is 14.9. The van der Waals surface area contributed by atoms with E-state index in [2.05, 4.69) is 10.1 Å². The molecule has 1 unspecified atom stereocenters. The lowest BCUT2D eigenvalue weighted by Crippen LogP contribution is -2.36. The Labute approximate surface area is 196 Å². The Balaban J connectivity index is 0.00000306. The summed E-state index contributed by atoms with van der Waals surface area (Å²) in [5, 5.41) is 13.7. The predicted octanol–water partition coefficient (Wildman–Crippen LogP) is 2.95. The fourth-order valence-corrected chi connectivity index (χ4v) is 3.85. The Morgan fingerprint density at radius 2 is 2.09 bits per heavy atom.